The molecule has 0 amide bonds. The number of nitrogens with zero attached hydrogens (tertiary/aromatic N) is 7. The first-order valence-corrected chi connectivity index (χ1v) is 13.3. The van der Waals surface area contributed by atoms with Crippen molar-refractivity contribution >= 4 is 28.0 Å². The van der Waals surface area contributed by atoms with Gasteiger partial charge in [0.25, 0.3) is 0 Å². The van der Waals surface area contributed by atoms with Crippen molar-refractivity contribution in [3.8, 4) is 22.3 Å². The van der Waals surface area contributed by atoms with E-state index in [0.29, 0.717) is 43.0 Å². The van der Waals surface area contributed by atoms with Gasteiger partial charge in [-0.2, -0.15) is 13.6 Å². The van der Waals surface area contributed by atoms with Gasteiger partial charge in [0.05, 0.1) is 0 Å². The minimum absolute atomic E-state index is 0.0938. The van der Waals surface area contributed by atoms with Gasteiger partial charge in [-0.15, -0.1) is 20.4 Å². The summed E-state index contributed by atoms with van der Waals surface area (Å²) in [5.41, 5.74) is 2.23. The lowest BCUT2D eigenvalue weighted by molar-refractivity contribution is -0.159. The Morgan fingerprint density at radius 1 is 1.12 bits per heavy atom. The first kappa shape index (κ1) is 25.8. The van der Waals surface area contributed by atoms with Crippen molar-refractivity contribution in [2.75, 3.05) is 18.0 Å². The normalized spacial score (nSPS) is 16.3. The molecule has 4 aromatic rings. The van der Waals surface area contributed by atoms with Crippen molar-refractivity contribution in [2.24, 2.45) is 0 Å². The first-order valence-electron chi connectivity index (χ1n) is 12.4. The smallest absolute Gasteiger partial charge is 0.394 e. The van der Waals surface area contributed by atoms with Crippen molar-refractivity contribution in [3.05, 3.63) is 65.7 Å². The quantitative estimate of drug-likeness (QED) is 0.348. The number of piperidine rings is 1. The van der Waals surface area contributed by atoms with Crippen LogP contribution in [0.2, 0.25) is 0 Å². The first-order chi connectivity index (χ1) is 19.2. The lowest BCUT2D eigenvalue weighted by atomic mass is 9.83. The van der Waals surface area contributed by atoms with Crippen LogP contribution in [0.25, 0.3) is 16.4 Å². The van der Waals surface area contributed by atoms with Gasteiger partial charge >= 0.3 is 12.1 Å². The van der Waals surface area contributed by atoms with Crippen LogP contribution in [0.1, 0.15) is 30.9 Å². The minimum Gasteiger partial charge on any atom is -0.482 e. The summed E-state index contributed by atoms with van der Waals surface area (Å²) in [5, 5.41) is 30.2. The number of tetrazole rings is 1. The van der Waals surface area contributed by atoms with E-state index in [0.717, 1.165) is 27.2 Å². The van der Waals surface area contributed by atoms with E-state index in [1.807, 2.05) is 24.3 Å². The van der Waals surface area contributed by atoms with Crippen molar-refractivity contribution < 1.29 is 28.2 Å². The van der Waals surface area contributed by atoms with Crippen LogP contribution in [0.4, 0.5) is 13.9 Å². The molecule has 1 N–H and O–H groups in total. The molecule has 1 spiro atoms. The van der Waals surface area contributed by atoms with E-state index >= 15 is 0 Å². The lowest BCUT2D eigenvalue weighted by Crippen LogP contribution is -2.48. The van der Waals surface area contributed by atoms with E-state index in [9.17, 15) is 13.6 Å². The van der Waals surface area contributed by atoms with Crippen LogP contribution in [0.5, 0.6) is 11.5 Å². The number of aliphatic carboxylic acids is 1. The maximum Gasteiger partial charge on any atom is 0.394 e. The molecule has 4 heterocycles. The molecule has 2 aromatic carbocycles. The van der Waals surface area contributed by atoms with Gasteiger partial charge in [-0.3, -0.25) is 4.79 Å². The number of carboxylic acid groups (broad SMARTS) is 1. The number of aromatic nitrogens is 6. The third-order valence-corrected chi connectivity index (χ3v) is 7.56. The summed E-state index contributed by atoms with van der Waals surface area (Å²) < 4.78 is 37.8. The number of halogens is 2. The number of para-hydroxylation sites is 1. The summed E-state index contributed by atoms with van der Waals surface area (Å²) in [5.74, 6) is 0.0114. The zero-order valence-corrected chi connectivity index (χ0v) is 22.0. The van der Waals surface area contributed by atoms with Crippen LogP contribution in [-0.2, 0) is 11.3 Å². The molecule has 0 atom stereocenters. The fourth-order valence-corrected chi connectivity index (χ4v) is 5.61. The summed E-state index contributed by atoms with van der Waals surface area (Å²) in [7, 11) is 0. The van der Waals surface area contributed by atoms with Gasteiger partial charge in [0, 0.05) is 38.4 Å². The molecule has 0 unspecified atom stereocenters. The van der Waals surface area contributed by atoms with Crippen molar-refractivity contribution in [2.45, 2.75) is 38.0 Å². The number of ether oxygens (including phenoxy) is 2. The number of carbonyl (C=O) groups is 1. The van der Waals surface area contributed by atoms with E-state index < -0.39 is 24.2 Å². The highest BCUT2D eigenvalue weighted by Crippen LogP contribution is 2.44. The number of fused-ring (bicyclic) bond motifs is 1. The van der Waals surface area contributed by atoms with Crippen LogP contribution in [0.3, 0.4) is 0 Å². The van der Waals surface area contributed by atoms with Gasteiger partial charge in [-0.25, -0.2) is 0 Å². The van der Waals surface area contributed by atoms with Gasteiger partial charge in [0.2, 0.25) is 11.0 Å². The number of benzene rings is 2. The van der Waals surface area contributed by atoms with Crippen LogP contribution >= 0.6 is 11.3 Å². The fraction of sp³-hybridized carbons (Fsp3) is 0.308. The Kier molecular flexibility index (Phi) is 6.41. The Bertz CT molecular complexity index is 1570. The van der Waals surface area contributed by atoms with Gasteiger partial charge in [0.15, 0.2) is 11.6 Å². The molecule has 0 aliphatic carbocycles. The van der Waals surface area contributed by atoms with E-state index in [1.165, 1.54) is 11.3 Å². The summed E-state index contributed by atoms with van der Waals surface area (Å²) >= 11 is 1.31. The maximum atomic E-state index is 13.3. The van der Waals surface area contributed by atoms with E-state index in [2.05, 4.69) is 36.6 Å². The van der Waals surface area contributed by atoms with Crippen molar-refractivity contribution in [1.82, 2.24) is 30.4 Å². The predicted molar refractivity (Wildman–Crippen MR) is 140 cm³/mol. The summed E-state index contributed by atoms with van der Waals surface area (Å²) in [6, 6.07) is 14.4. The van der Waals surface area contributed by atoms with Gasteiger partial charge in [-0.05, 0) is 40.6 Å². The average molecular weight is 568 g/mol. The predicted octanol–water partition coefficient (Wildman–Crippen LogP) is 4.13. The molecule has 2 aromatic heterocycles. The van der Waals surface area contributed by atoms with Crippen molar-refractivity contribution in [3.63, 3.8) is 0 Å². The topological polar surface area (TPSA) is 128 Å². The molecule has 1 fully saturated rings. The average Bonchev–Trinajstić information content (AvgIpc) is 3.58. The second kappa shape index (κ2) is 9.93. The standard InChI is InChI=1S/C26H23F2N7O4S/c1-25(27,28)38-17-8-6-16(7-9-17)19-14-26(39-20-5-3-2-4-18(19)20)10-12-34(13-11-26)24-31-30-23(40-24)22-29-33-35(32-22)15-21(36)37/h2-9,14H,10-13,15H2,1H3,(H,36,37). The number of hydrogen-bond acceptors (Lipinski definition) is 10. The molecule has 6 rings (SSSR count). The van der Waals surface area contributed by atoms with E-state index in [4.69, 9.17) is 14.6 Å². The Balaban J connectivity index is 1.21. The summed E-state index contributed by atoms with van der Waals surface area (Å²) in [6.45, 7) is 1.62. The Morgan fingerprint density at radius 2 is 1.88 bits per heavy atom. The van der Waals surface area contributed by atoms with Crippen LogP contribution in [0, 0.1) is 0 Å². The summed E-state index contributed by atoms with van der Waals surface area (Å²) in [4.78, 5) is 14.0. The van der Waals surface area contributed by atoms with Crippen LogP contribution in [0.15, 0.2) is 54.6 Å². The molecule has 2 aliphatic heterocycles. The molecule has 0 radical (unpaired) electrons. The molecular weight excluding hydrogens is 544 g/mol. The molecule has 2 aliphatic rings. The van der Waals surface area contributed by atoms with Gasteiger partial charge in [0.1, 0.15) is 17.1 Å². The van der Waals surface area contributed by atoms with Gasteiger partial charge < -0.3 is 19.5 Å². The monoisotopic (exact) mass is 567 g/mol. The highest BCUT2D eigenvalue weighted by molar-refractivity contribution is 7.18. The number of hydrogen-bond donors (Lipinski definition) is 1. The molecule has 1 saturated heterocycles. The Morgan fingerprint density at radius 3 is 2.60 bits per heavy atom. The van der Waals surface area contributed by atoms with Gasteiger partial charge in [-0.1, -0.05) is 41.7 Å². The Labute approximate surface area is 230 Å². The molecule has 0 saturated carbocycles. The third-order valence-electron chi connectivity index (χ3n) is 6.58. The van der Waals surface area contributed by atoms with E-state index in [1.54, 1.807) is 24.3 Å². The minimum atomic E-state index is -3.26. The zero-order chi connectivity index (χ0) is 27.9. The highest BCUT2D eigenvalue weighted by Gasteiger charge is 2.39. The SMILES string of the molecule is CC(F)(F)Oc1ccc(C2=CC3(CCN(c4nnc(-c5nnn(CC(=O)O)n5)s4)CC3)Oc3ccccc32)cc1. The largest absolute Gasteiger partial charge is 0.482 e. The third kappa shape index (κ3) is 5.34. The molecule has 14 heteroatoms. The number of anilines is 1. The molecule has 40 heavy (non-hydrogen) atoms. The fourth-order valence-electron chi connectivity index (χ4n) is 4.79. The second-order valence-corrected chi connectivity index (χ2v) is 10.5. The number of rotatable bonds is 7. The molecular formula is C26H23F2N7O4S. The molecule has 206 valence electrons. The van der Waals surface area contributed by atoms with E-state index in [-0.39, 0.29) is 11.6 Å². The molecule has 0 bridgehead atoms. The highest BCUT2D eigenvalue weighted by atomic mass is 32.1. The lowest BCUT2D eigenvalue weighted by Gasteiger charge is -2.43. The summed E-state index contributed by atoms with van der Waals surface area (Å²) in [6.07, 6.45) is 0.229. The zero-order valence-electron chi connectivity index (χ0n) is 21.2. The van der Waals surface area contributed by atoms with Crippen molar-refractivity contribution in [1.29, 1.82) is 0 Å². The number of carboxylic acids is 1. The Hall–Kier alpha value is -4.46. The number of alkyl halides is 2. The maximum absolute atomic E-state index is 13.3. The molecule has 11 nitrogen and oxygen atoms in total. The van der Waals surface area contributed by atoms with Crippen LogP contribution < -0.4 is 14.4 Å². The second-order valence-electron chi connectivity index (χ2n) is 9.57. The van der Waals surface area contributed by atoms with Crippen LogP contribution in [-0.4, -0.2) is 66.3 Å².